The second-order valence-electron chi connectivity index (χ2n) is 14.1. The number of carbonyl (C=O) groups excluding carboxylic acids is 3. The summed E-state index contributed by atoms with van der Waals surface area (Å²) in [5.74, 6) is -0.249. The van der Waals surface area contributed by atoms with Crippen LogP contribution in [0.1, 0.15) is 81.0 Å². The zero-order valence-corrected chi connectivity index (χ0v) is 32.9. The number of hydrogen-bond acceptors (Lipinski definition) is 9. The van der Waals surface area contributed by atoms with E-state index in [-0.39, 0.29) is 18.1 Å². The number of amides is 3. The first-order valence-electron chi connectivity index (χ1n) is 17.3. The number of rotatable bonds is 8. The summed E-state index contributed by atoms with van der Waals surface area (Å²) >= 11 is 6.91. The minimum atomic E-state index is -0.529. The Bertz CT molecular complexity index is 1890. The zero-order valence-electron chi connectivity index (χ0n) is 29.7. The molecule has 6 heterocycles. The molecule has 4 atom stereocenters. The fourth-order valence-electron chi connectivity index (χ4n) is 6.77. The number of fused-ring (bicyclic) bond motifs is 2. The van der Waals surface area contributed by atoms with Crippen molar-refractivity contribution in [2.24, 2.45) is 23.3 Å². The van der Waals surface area contributed by atoms with Crippen LogP contribution in [0.15, 0.2) is 45.9 Å². The van der Waals surface area contributed by atoms with Crippen molar-refractivity contribution in [2.45, 2.75) is 78.0 Å². The Balaban J connectivity index is 0.000000205. The first kappa shape index (κ1) is 38.3. The van der Waals surface area contributed by atoms with E-state index in [9.17, 15) is 14.4 Å². The fraction of sp³-hybridized carbons (Fsp3) is 0.514. The summed E-state index contributed by atoms with van der Waals surface area (Å²) < 4.78 is 10.8. The van der Waals surface area contributed by atoms with Crippen molar-refractivity contribution in [1.29, 1.82) is 0 Å². The van der Waals surface area contributed by atoms with E-state index in [1.54, 1.807) is 13.9 Å². The highest BCUT2D eigenvalue weighted by atomic mass is 79.9. The highest BCUT2D eigenvalue weighted by Crippen LogP contribution is 2.32. The molecule has 0 aromatic carbocycles. The second-order valence-corrected chi connectivity index (χ2v) is 15.9. The van der Waals surface area contributed by atoms with E-state index >= 15 is 0 Å². The van der Waals surface area contributed by atoms with Gasteiger partial charge in [-0.3, -0.25) is 9.59 Å². The molecule has 14 nitrogen and oxygen atoms in total. The van der Waals surface area contributed by atoms with Crippen LogP contribution in [0.3, 0.4) is 0 Å². The summed E-state index contributed by atoms with van der Waals surface area (Å²) in [7, 11) is 0. The lowest BCUT2D eigenvalue weighted by atomic mass is 9.89. The topological polar surface area (TPSA) is 186 Å². The Morgan fingerprint density at radius 1 is 0.882 bits per heavy atom. The Kier molecular flexibility index (Phi) is 12.2. The lowest BCUT2D eigenvalue weighted by Gasteiger charge is -2.39. The van der Waals surface area contributed by atoms with Gasteiger partial charge in [0.1, 0.15) is 5.60 Å². The van der Waals surface area contributed by atoms with Gasteiger partial charge in [-0.15, -0.1) is 0 Å². The number of primary amides is 2. The van der Waals surface area contributed by atoms with Gasteiger partial charge in [0.25, 0.3) is 11.8 Å². The molecule has 2 aliphatic heterocycles. The largest absolute Gasteiger partial charge is 0.444 e. The van der Waals surface area contributed by atoms with Crippen LogP contribution in [0, 0.1) is 11.8 Å². The molecular formula is C35H48Br2N10O4. The van der Waals surface area contributed by atoms with Gasteiger partial charge >= 0.3 is 6.09 Å². The number of carbonyl (C=O) groups is 3. The van der Waals surface area contributed by atoms with E-state index in [1.807, 2.05) is 45.3 Å². The maximum atomic E-state index is 12.5. The summed E-state index contributed by atoms with van der Waals surface area (Å²) in [5, 5.41) is 19.0. The highest BCUT2D eigenvalue weighted by molar-refractivity contribution is 9.10. The number of anilines is 2. The van der Waals surface area contributed by atoms with E-state index in [2.05, 4.69) is 71.9 Å². The van der Waals surface area contributed by atoms with Crippen LogP contribution >= 0.6 is 31.9 Å². The molecule has 3 amide bonds. The average Bonchev–Trinajstić information content (AvgIpc) is 3.66. The van der Waals surface area contributed by atoms with Gasteiger partial charge < -0.3 is 37.1 Å². The molecule has 0 radical (unpaired) electrons. The fourth-order valence-corrected chi connectivity index (χ4v) is 7.59. The number of nitrogens with two attached hydrogens (primary N) is 2. The van der Waals surface area contributed by atoms with Crippen molar-refractivity contribution >= 4 is 72.2 Å². The number of hydrogen-bond donors (Lipinski definition) is 5. The first-order valence-corrected chi connectivity index (χ1v) is 18.9. The van der Waals surface area contributed by atoms with Crippen LogP contribution in [0.4, 0.5) is 16.2 Å². The number of aromatic nitrogens is 4. The summed E-state index contributed by atoms with van der Waals surface area (Å²) in [6.45, 7) is 13.0. The standard InChI is InChI=1S/C20H28BrN5O3.C15H20BrN5O/c1-5-12-10-25(19(28)29-20(2,3)4)7-6-15(12)24-17-14(18(22)27)9-23-26-11-13(21)8-16(17)26;1-2-9-6-18-4-3-12(9)20-14-11(15(17)22)7-19-21-8-10(16)5-13(14)21/h8-9,11-12,15,24H,5-7,10H2,1-4H3,(H2,22,27);5,7-9,12,18,20H,2-4,6H2,1H3,(H2,17,22)/t12-,15-;9-,12-/m11/s1. The van der Waals surface area contributed by atoms with Gasteiger partial charge in [0.2, 0.25) is 0 Å². The van der Waals surface area contributed by atoms with Gasteiger partial charge in [-0.25, -0.2) is 13.8 Å². The summed E-state index contributed by atoms with van der Waals surface area (Å²) in [6.07, 6.45) is 10.2. The van der Waals surface area contributed by atoms with E-state index in [0.717, 1.165) is 64.4 Å². The van der Waals surface area contributed by atoms with Crippen LogP contribution in [0.5, 0.6) is 0 Å². The molecule has 7 N–H and O–H groups in total. The van der Waals surface area contributed by atoms with Gasteiger partial charge in [0.15, 0.2) is 0 Å². The summed E-state index contributed by atoms with van der Waals surface area (Å²) in [4.78, 5) is 38.0. The summed E-state index contributed by atoms with van der Waals surface area (Å²) in [6, 6.07) is 4.27. The average molecular weight is 833 g/mol. The molecule has 2 saturated heterocycles. The zero-order chi connectivity index (χ0) is 37.0. The van der Waals surface area contributed by atoms with Crippen molar-refractivity contribution in [2.75, 3.05) is 36.8 Å². The third kappa shape index (κ3) is 9.13. The minimum Gasteiger partial charge on any atom is -0.444 e. The van der Waals surface area contributed by atoms with E-state index in [0.29, 0.717) is 41.9 Å². The monoisotopic (exact) mass is 830 g/mol. The van der Waals surface area contributed by atoms with E-state index < -0.39 is 17.4 Å². The smallest absolute Gasteiger partial charge is 0.410 e. The molecule has 51 heavy (non-hydrogen) atoms. The van der Waals surface area contributed by atoms with E-state index in [1.165, 1.54) is 12.4 Å². The second kappa shape index (κ2) is 16.2. The molecular weight excluding hydrogens is 784 g/mol. The molecule has 276 valence electrons. The van der Waals surface area contributed by atoms with Crippen molar-refractivity contribution in [1.82, 2.24) is 29.4 Å². The molecule has 4 aromatic heterocycles. The lowest BCUT2D eigenvalue weighted by molar-refractivity contribution is 0.0153. The third-order valence-electron chi connectivity index (χ3n) is 9.44. The molecule has 2 aliphatic rings. The number of halogens is 2. The van der Waals surface area contributed by atoms with E-state index in [4.69, 9.17) is 16.2 Å². The molecule has 0 saturated carbocycles. The van der Waals surface area contributed by atoms with Crippen LogP contribution in [-0.2, 0) is 4.74 Å². The maximum absolute atomic E-state index is 12.5. The van der Waals surface area contributed by atoms with Gasteiger partial charge in [-0.05, 0) is 109 Å². The van der Waals surface area contributed by atoms with Crippen LogP contribution in [0.25, 0.3) is 11.0 Å². The van der Waals surface area contributed by atoms with Crippen LogP contribution in [0.2, 0.25) is 0 Å². The normalized spacial score (nSPS) is 20.8. The van der Waals surface area contributed by atoms with Gasteiger partial charge in [0, 0.05) is 46.5 Å². The number of likely N-dealkylation sites (tertiary alicyclic amines) is 1. The molecule has 0 aliphatic carbocycles. The molecule has 16 heteroatoms. The van der Waals surface area contributed by atoms with Gasteiger partial charge in [-0.2, -0.15) is 10.2 Å². The summed E-state index contributed by atoms with van der Waals surface area (Å²) in [5.41, 5.74) is 14.5. The minimum absolute atomic E-state index is 0.0941. The van der Waals surface area contributed by atoms with Crippen molar-refractivity contribution in [3.05, 3.63) is 57.0 Å². The Morgan fingerprint density at radius 3 is 1.86 bits per heavy atom. The van der Waals surface area contributed by atoms with Crippen LogP contribution in [-0.4, -0.2) is 85.9 Å². The molecule has 0 unspecified atom stereocenters. The number of ether oxygens (including phenoxy) is 1. The van der Waals surface area contributed by atoms with Gasteiger partial charge in [0.05, 0.1) is 45.9 Å². The molecule has 2 fully saturated rings. The SMILES string of the molecule is CC[C@@H]1CN(C(=O)OC(C)(C)C)CC[C@H]1Nc1c(C(N)=O)cnn2cc(Br)cc12.CC[C@@H]1CNCC[C@H]1Nc1c(C(N)=O)cnn2cc(Br)cc12. The van der Waals surface area contributed by atoms with Crippen LogP contribution < -0.4 is 27.4 Å². The number of piperidine rings is 2. The molecule has 0 spiro atoms. The van der Waals surface area contributed by atoms with Crippen molar-refractivity contribution < 1.29 is 19.1 Å². The Labute approximate surface area is 314 Å². The molecule has 6 rings (SSSR count). The van der Waals surface area contributed by atoms with Crippen molar-refractivity contribution in [3.63, 3.8) is 0 Å². The predicted octanol–water partition coefficient (Wildman–Crippen LogP) is 5.64. The quantitative estimate of drug-likeness (QED) is 0.150. The Hall–Kier alpha value is -3.89. The third-order valence-corrected chi connectivity index (χ3v) is 10.3. The predicted molar refractivity (Wildman–Crippen MR) is 205 cm³/mol. The maximum Gasteiger partial charge on any atom is 0.410 e. The van der Waals surface area contributed by atoms with Crippen molar-refractivity contribution in [3.8, 4) is 0 Å². The first-order chi connectivity index (χ1) is 24.2. The van der Waals surface area contributed by atoms with Gasteiger partial charge in [-0.1, -0.05) is 20.3 Å². The Morgan fingerprint density at radius 2 is 1.39 bits per heavy atom. The molecule has 4 aromatic rings. The highest BCUT2D eigenvalue weighted by Gasteiger charge is 2.34. The number of nitrogens with one attached hydrogen (secondary N) is 3. The molecule has 0 bridgehead atoms. The number of nitrogens with zero attached hydrogens (tertiary/aromatic N) is 5. The lowest BCUT2D eigenvalue weighted by Crippen LogP contribution is -2.49.